The first kappa shape index (κ1) is 10.9. The zero-order valence-electron chi connectivity index (χ0n) is 8.34. The topological polar surface area (TPSA) is 38.0 Å². The number of thiophene rings is 1. The molecular weight excluding hydrogens is 230 g/mol. The zero-order chi connectivity index (χ0) is 11.5. The average molecular weight is 240 g/mol. The maximum atomic E-state index is 12.9. The molecule has 0 atom stereocenters. The van der Waals surface area contributed by atoms with E-state index in [9.17, 15) is 8.78 Å². The summed E-state index contributed by atoms with van der Waals surface area (Å²) < 4.78 is 25.7. The molecule has 0 amide bonds. The second kappa shape index (κ2) is 4.49. The number of halogens is 2. The summed E-state index contributed by atoms with van der Waals surface area (Å²) in [7, 11) is 0. The van der Waals surface area contributed by atoms with Crippen LogP contribution in [-0.4, -0.2) is 0 Å². The summed E-state index contributed by atoms with van der Waals surface area (Å²) in [5, 5.41) is 4.79. The molecule has 0 saturated carbocycles. The predicted molar refractivity (Wildman–Crippen MR) is 62.4 cm³/mol. The number of nitrogens with two attached hydrogens (primary N) is 1. The monoisotopic (exact) mass is 240 g/mol. The number of nitrogen functional groups attached to an aromatic ring is 1. The SMILES string of the molecule is Nc1ccsc1CNc1cc(F)cc(F)c1. The summed E-state index contributed by atoms with van der Waals surface area (Å²) in [6.07, 6.45) is 0. The standard InChI is InChI=1S/C11H10F2N2S/c12-7-3-8(13)5-9(4-7)15-6-11-10(14)1-2-16-11/h1-5,15H,6,14H2. The molecule has 16 heavy (non-hydrogen) atoms. The lowest BCUT2D eigenvalue weighted by molar-refractivity contribution is 0.584. The Kier molecular flexibility index (Phi) is 3.05. The third kappa shape index (κ3) is 2.49. The summed E-state index contributed by atoms with van der Waals surface area (Å²) in [5.41, 5.74) is 6.78. The molecule has 0 fully saturated rings. The van der Waals surface area contributed by atoms with Gasteiger partial charge in [-0.05, 0) is 23.6 Å². The van der Waals surface area contributed by atoms with Crippen LogP contribution in [0.5, 0.6) is 0 Å². The minimum atomic E-state index is -0.596. The van der Waals surface area contributed by atoms with E-state index in [0.717, 1.165) is 10.9 Å². The molecular formula is C11H10F2N2S. The molecule has 0 aliphatic heterocycles. The van der Waals surface area contributed by atoms with Crippen LogP contribution in [0.1, 0.15) is 4.88 Å². The van der Waals surface area contributed by atoms with Gasteiger partial charge in [-0.3, -0.25) is 0 Å². The fourth-order valence-corrected chi connectivity index (χ4v) is 2.07. The van der Waals surface area contributed by atoms with Crippen LogP contribution in [0, 0.1) is 11.6 Å². The number of nitrogens with one attached hydrogen (secondary N) is 1. The van der Waals surface area contributed by atoms with Gasteiger partial charge in [0, 0.05) is 22.3 Å². The summed E-state index contributed by atoms with van der Waals surface area (Å²) in [5.74, 6) is -1.19. The van der Waals surface area contributed by atoms with E-state index in [0.29, 0.717) is 17.9 Å². The molecule has 0 radical (unpaired) electrons. The van der Waals surface area contributed by atoms with Gasteiger partial charge in [-0.25, -0.2) is 8.78 Å². The van der Waals surface area contributed by atoms with Gasteiger partial charge in [-0.15, -0.1) is 11.3 Å². The lowest BCUT2D eigenvalue weighted by Crippen LogP contribution is -2.00. The van der Waals surface area contributed by atoms with Crippen molar-refractivity contribution in [1.29, 1.82) is 0 Å². The number of anilines is 2. The van der Waals surface area contributed by atoms with Crippen LogP contribution in [0.25, 0.3) is 0 Å². The molecule has 84 valence electrons. The molecule has 0 aliphatic rings. The Morgan fingerprint density at radius 1 is 1.19 bits per heavy atom. The number of hydrogen-bond donors (Lipinski definition) is 2. The fraction of sp³-hybridized carbons (Fsp3) is 0.0909. The molecule has 3 N–H and O–H groups in total. The van der Waals surface area contributed by atoms with E-state index in [4.69, 9.17) is 5.73 Å². The molecule has 1 aromatic carbocycles. The first-order valence-corrected chi connectivity index (χ1v) is 5.55. The van der Waals surface area contributed by atoms with Crippen molar-refractivity contribution in [1.82, 2.24) is 0 Å². The molecule has 2 nitrogen and oxygen atoms in total. The van der Waals surface area contributed by atoms with Crippen molar-refractivity contribution in [2.75, 3.05) is 11.1 Å². The van der Waals surface area contributed by atoms with Crippen LogP contribution < -0.4 is 11.1 Å². The molecule has 0 aliphatic carbocycles. The van der Waals surface area contributed by atoms with Gasteiger partial charge in [0.05, 0.1) is 6.54 Å². The fourth-order valence-electron chi connectivity index (χ4n) is 1.33. The van der Waals surface area contributed by atoms with Gasteiger partial charge in [-0.1, -0.05) is 0 Å². The molecule has 0 spiro atoms. The maximum Gasteiger partial charge on any atom is 0.128 e. The van der Waals surface area contributed by atoms with Crippen LogP contribution in [-0.2, 0) is 6.54 Å². The Bertz CT molecular complexity index is 476. The van der Waals surface area contributed by atoms with E-state index in [1.165, 1.54) is 23.5 Å². The number of rotatable bonds is 3. The Hall–Kier alpha value is -1.62. The second-order valence-electron chi connectivity index (χ2n) is 3.31. The van der Waals surface area contributed by atoms with Crippen LogP contribution in [0.2, 0.25) is 0 Å². The van der Waals surface area contributed by atoms with Gasteiger partial charge in [-0.2, -0.15) is 0 Å². The third-order valence-electron chi connectivity index (χ3n) is 2.10. The van der Waals surface area contributed by atoms with Gasteiger partial charge in [0.1, 0.15) is 11.6 Å². The van der Waals surface area contributed by atoms with Crippen LogP contribution in [0.4, 0.5) is 20.2 Å². The largest absolute Gasteiger partial charge is 0.398 e. The highest BCUT2D eigenvalue weighted by Crippen LogP contribution is 2.21. The molecule has 2 rings (SSSR count). The normalized spacial score (nSPS) is 10.4. The smallest absolute Gasteiger partial charge is 0.128 e. The summed E-state index contributed by atoms with van der Waals surface area (Å²) in [6, 6.07) is 5.12. The molecule has 5 heteroatoms. The molecule has 1 heterocycles. The summed E-state index contributed by atoms with van der Waals surface area (Å²) in [4.78, 5) is 0.949. The summed E-state index contributed by atoms with van der Waals surface area (Å²) in [6.45, 7) is 0.465. The average Bonchev–Trinajstić information content (AvgIpc) is 2.59. The first-order valence-electron chi connectivity index (χ1n) is 4.67. The van der Waals surface area contributed by atoms with Gasteiger partial charge < -0.3 is 11.1 Å². The zero-order valence-corrected chi connectivity index (χ0v) is 9.15. The van der Waals surface area contributed by atoms with Crippen molar-refractivity contribution >= 4 is 22.7 Å². The Balaban J connectivity index is 2.07. The lowest BCUT2D eigenvalue weighted by Gasteiger charge is -2.06. The summed E-state index contributed by atoms with van der Waals surface area (Å²) >= 11 is 1.50. The van der Waals surface area contributed by atoms with E-state index in [1.807, 2.05) is 5.38 Å². The van der Waals surface area contributed by atoms with Crippen molar-refractivity contribution in [2.24, 2.45) is 0 Å². The third-order valence-corrected chi connectivity index (χ3v) is 3.03. The van der Waals surface area contributed by atoms with Crippen molar-refractivity contribution in [3.05, 3.63) is 46.2 Å². The number of benzene rings is 1. The van der Waals surface area contributed by atoms with Crippen molar-refractivity contribution in [3.63, 3.8) is 0 Å². The Morgan fingerprint density at radius 2 is 1.88 bits per heavy atom. The first-order chi connectivity index (χ1) is 7.65. The highest BCUT2D eigenvalue weighted by Gasteiger charge is 2.03. The Morgan fingerprint density at radius 3 is 2.44 bits per heavy atom. The van der Waals surface area contributed by atoms with E-state index in [2.05, 4.69) is 5.32 Å². The second-order valence-corrected chi connectivity index (χ2v) is 4.31. The van der Waals surface area contributed by atoms with Gasteiger partial charge >= 0.3 is 0 Å². The molecule has 0 unspecified atom stereocenters. The van der Waals surface area contributed by atoms with E-state index in [-0.39, 0.29) is 0 Å². The van der Waals surface area contributed by atoms with E-state index in [1.54, 1.807) is 6.07 Å². The minimum absolute atomic E-state index is 0.408. The molecule has 0 bridgehead atoms. The lowest BCUT2D eigenvalue weighted by atomic mass is 10.3. The quantitative estimate of drug-likeness (QED) is 0.864. The molecule has 2 aromatic rings. The van der Waals surface area contributed by atoms with Gasteiger partial charge in [0.15, 0.2) is 0 Å². The predicted octanol–water partition coefficient (Wildman–Crippen LogP) is 3.22. The Labute approximate surface area is 95.7 Å². The minimum Gasteiger partial charge on any atom is -0.398 e. The van der Waals surface area contributed by atoms with Crippen LogP contribution in [0.3, 0.4) is 0 Å². The van der Waals surface area contributed by atoms with Crippen molar-refractivity contribution in [2.45, 2.75) is 6.54 Å². The van der Waals surface area contributed by atoms with E-state index >= 15 is 0 Å². The van der Waals surface area contributed by atoms with Crippen LogP contribution >= 0.6 is 11.3 Å². The highest BCUT2D eigenvalue weighted by molar-refractivity contribution is 7.10. The van der Waals surface area contributed by atoms with Gasteiger partial charge in [0.25, 0.3) is 0 Å². The van der Waals surface area contributed by atoms with Crippen molar-refractivity contribution < 1.29 is 8.78 Å². The molecule has 1 aromatic heterocycles. The van der Waals surface area contributed by atoms with E-state index < -0.39 is 11.6 Å². The molecule has 0 saturated heterocycles. The maximum absolute atomic E-state index is 12.9. The van der Waals surface area contributed by atoms with Crippen molar-refractivity contribution in [3.8, 4) is 0 Å². The van der Waals surface area contributed by atoms with Crippen LogP contribution in [0.15, 0.2) is 29.6 Å². The number of hydrogen-bond acceptors (Lipinski definition) is 3. The highest BCUT2D eigenvalue weighted by atomic mass is 32.1. The van der Waals surface area contributed by atoms with Gasteiger partial charge in [0.2, 0.25) is 0 Å².